The van der Waals surface area contributed by atoms with Crippen LogP contribution in [-0.2, 0) is 0 Å². The number of rotatable bonds is 5. The van der Waals surface area contributed by atoms with Gasteiger partial charge in [0.25, 0.3) is 0 Å². The number of hydrogen-bond donors (Lipinski definition) is 0. The zero-order valence-corrected chi connectivity index (χ0v) is 22.0. The molecule has 0 atom stereocenters. The third-order valence-corrected chi connectivity index (χ3v) is 7.24. The van der Waals surface area contributed by atoms with Gasteiger partial charge in [-0.25, -0.2) is 29.9 Å². The second-order valence-electron chi connectivity index (χ2n) is 9.69. The molecule has 8 aromatic rings. The van der Waals surface area contributed by atoms with Gasteiger partial charge in [0.2, 0.25) is 11.8 Å². The van der Waals surface area contributed by atoms with E-state index >= 15 is 0 Å². The Morgan fingerprint density at radius 2 is 0.905 bits per heavy atom. The lowest BCUT2D eigenvalue weighted by Crippen LogP contribution is -1.97. The summed E-state index contributed by atoms with van der Waals surface area (Å²) in [4.78, 5) is 27.6. The molecule has 0 amide bonds. The van der Waals surface area contributed by atoms with Crippen LogP contribution >= 0.6 is 0 Å². The van der Waals surface area contributed by atoms with Crippen LogP contribution < -0.4 is 0 Å². The van der Waals surface area contributed by atoms with Crippen molar-refractivity contribution in [3.8, 4) is 56.8 Å². The van der Waals surface area contributed by atoms with Crippen LogP contribution in [0.4, 0.5) is 0 Å². The van der Waals surface area contributed by atoms with Crippen LogP contribution in [0.15, 0.2) is 131 Å². The average molecular weight is 545 g/mol. The molecule has 4 aromatic heterocycles. The highest BCUT2D eigenvalue weighted by molar-refractivity contribution is 6.20. The van der Waals surface area contributed by atoms with Crippen molar-refractivity contribution in [1.29, 1.82) is 0 Å². The minimum atomic E-state index is 0.475. The van der Waals surface area contributed by atoms with Gasteiger partial charge in [-0.2, -0.15) is 0 Å². The van der Waals surface area contributed by atoms with Gasteiger partial charge in [0, 0.05) is 35.9 Å². The van der Waals surface area contributed by atoms with Gasteiger partial charge in [-0.3, -0.25) is 0 Å². The first-order valence-electron chi connectivity index (χ1n) is 13.3. The minimum Gasteiger partial charge on any atom is -0.444 e. The molecule has 0 N–H and O–H groups in total. The summed E-state index contributed by atoms with van der Waals surface area (Å²) in [6.07, 6.45) is 13.3. The average Bonchev–Trinajstić information content (AvgIpc) is 3.80. The molecule has 0 saturated heterocycles. The smallest absolute Gasteiger partial charge is 0.228 e. The number of aromatic nitrogens is 6. The first kappa shape index (κ1) is 23.8. The van der Waals surface area contributed by atoms with E-state index in [9.17, 15) is 0 Å². The lowest BCUT2D eigenvalue weighted by atomic mass is 9.89. The summed E-state index contributed by atoms with van der Waals surface area (Å²) in [5.74, 6) is 2.15. The van der Waals surface area contributed by atoms with Gasteiger partial charge in [0.05, 0.1) is 23.5 Å². The molecule has 4 aromatic carbocycles. The largest absolute Gasteiger partial charge is 0.444 e. The Morgan fingerprint density at radius 1 is 0.405 bits per heavy atom. The first-order valence-corrected chi connectivity index (χ1v) is 13.3. The van der Waals surface area contributed by atoms with Crippen LogP contribution in [-0.4, -0.2) is 29.9 Å². The SMILES string of the molecule is c1ccc(-c2ccc3c(-c4ncc(-c5ncco5)cn4)c4ccccc4c(-c4ncc(-c5ncco5)cn4)c3c2)cc1. The van der Waals surface area contributed by atoms with Crippen LogP contribution in [0.3, 0.4) is 0 Å². The van der Waals surface area contributed by atoms with E-state index in [1.165, 1.54) is 12.5 Å². The summed E-state index contributed by atoms with van der Waals surface area (Å²) in [6.45, 7) is 0. The highest BCUT2D eigenvalue weighted by Gasteiger charge is 2.21. The van der Waals surface area contributed by atoms with E-state index in [-0.39, 0.29) is 0 Å². The lowest BCUT2D eigenvalue weighted by molar-refractivity contribution is 0.573. The van der Waals surface area contributed by atoms with E-state index < -0.39 is 0 Å². The van der Waals surface area contributed by atoms with Crippen molar-refractivity contribution in [2.75, 3.05) is 0 Å². The molecule has 8 heteroatoms. The normalized spacial score (nSPS) is 11.3. The van der Waals surface area contributed by atoms with Gasteiger partial charge in [-0.05, 0) is 38.7 Å². The van der Waals surface area contributed by atoms with Gasteiger partial charge in [0.1, 0.15) is 12.5 Å². The Balaban J connectivity index is 1.40. The monoisotopic (exact) mass is 544 g/mol. The zero-order valence-electron chi connectivity index (χ0n) is 22.0. The summed E-state index contributed by atoms with van der Waals surface area (Å²) in [7, 11) is 0. The third kappa shape index (κ3) is 4.01. The van der Waals surface area contributed by atoms with E-state index in [1.54, 1.807) is 37.2 Å². The molecule has 0 saturated carbocycles. The van der Waals surface area contributed by atoms with Crippen molar-refractivity contribution in [2.45, 2.75) is 0 Å². The van der Waals surface area contributed by atoms with Gasteiger partial charge < -0.3 is 8.83 Å². The molecule has 0 aliphatic rings. The van der Waals surface area contributed by atoms with Crippen molar-refractivity contribution in [2.24, 2.45) is 0 Å². The molecule has 8 nitrogen and oxygen atoms in total. The number of fused-ring (bicyclic) bond motifs is 2. The molecule has 0 spiro atoms. The van der Waals surface area contributed by atoms with E-state index in [4.69, 9.17) is 28.8 Å². The highest BCUT2D eigenvalue weighted by atomic mass is 16.3. The van der Waals surface area contributed by atoms with E-state index in [0.717, 1.165) is 43.8 Å². The molecule has 8 rings (SSSR count). The maximum atomic E-state index is 5.45. The Hall–Kier alpha value is -6.02. The predicted octanol–water partition coefficient (Wildman–Crippen LogP) is 7.88. The maximum absolute atomic E-state index is 5.45. The Kier molecular flexibility index (Phi) is 5.60. The van der Waals surface area contributed by atoms with Crippen LogP contribution in [0.5, 0.6) is 0 Å². The van der Waals surface area contributed by atoms with Crippen molar-refractivity contribution >= 4 is 21.5 Å². The number of hydrogen-bond acceptors (Lipinski definition) is 8. The third-order valence-electron chi connectivity index (χ3n) is 7.24. The fourth-order valence-electron chi connectivity index (χ4n) is 5.34. The first-order chi connectivity index (χ1) is 20.8. The molecule has 0 aliphatic heterocycles. The number of nitrogens with zero attached hydrogens (tertiary/aromatic N) is 6. The van der Waals surface area contributed by atoms with Crippen molar-refractivity contribution < 1.29 is 8.83 Å². The standard InChI is InChI=1S/C34H20N6O2/c1-2-6-21(7-3-1)22-10-11-27-28(16-22)30(32-39-19-24(20-40-32)34-36-13-15-42-34)26-9-5-4-8-25(26)29(27)31-37-17-23(18-38-31)33-35-12-14-41-33/h1-20H. The maximum Gasteiger partial charge on any atom is 0.228 e. The molecule has 0 aliphatic carbocycles. The van der Waals surface area contributed by atoms with E-state index in [0.29, 0.717) is 34.6 Å². The van der Waals surface area contributed by atoms with E-state index in [2.05, 4.69) is 52.4 Å². The summed E-state index contributed by atoms with van der Waals surface area (Å²) in [6, 6.07) is 25.0. The summed E-state index contributed by atoms with van der Waals surface area (Å²) >= 11 is 0. The van der Waals surface area contributed by atoms with Crippen LogP contribution in [0.25, 0.3) is 78.4 Å². The topological polar surface area (TPSA) is 104 Å². The van der Waals surface area contributed by atoms with Crippen LogP contribution in [0.1, 0.15) is 0 Å². The Morgan fingerprint density at radius 3 is 1.43 bits per heavy atom. The van der Waals surface area contributed by atoms with Crippen molar-refractivity contribution in [3.63, 3.8) is 0 Å². The van der Waals surface area contributed by atoms with Gasteiger partial charge >= 0.3 is 0 Å². The van der Waals surface area contributed by atoms with Crippen LogP contribution in [0.2, 0.25) is 0 Å². The summed E-state index contributed by atoms with van der Waals surface area (Å²) in [5, 5.41) is 3.98. The molecule has 42 heavy (non-hydrogen) atoms. The Labute approximate surface area is 239 Å². The molecular weight excluding hydrogens is 524 g/mol. The molecule has 0 fully saturated rings. The second-order valence-corrected chi connectivity index (χ2v) is 9.69. The molecular formula is C34H20N6O2. The summed E-state index contributed by atoms with van der Waals surface area (Å²) in [5.41, 5.74) is 5.48. The molecule has 4 heterocycles. The van der Waals surface area contributed by atoms with Gasteiger partial charge in [-0.1, -0.05) is 66.7 Å². The quantitative estimate of drug-likeness (QED) is 0.202. The lowest BCUT2D eigenvalue weighted by Gasteiger charge is -2.17. The fourth-order valence-corrected chi connectivity index (χ4v) is 5.34. The zero-order chi connectivity index (χ0) is 27.9. The molecule has 0 radical (unpaired) electrons. The van der Waals surface area contributed by atoms with Crippen molar-refractivity contribution in [3.05, 3.63) is 123 Å². The predicted molar refractivity (Wildman–Crippen MR) is 160 cm³/mol. The van der Waals surface area contributed by atoms with Gasteiger partial charge in [-0.15, -0.1) is 0 Å². The number of oxazole rings is 2. The van der Waals surface area contributed by atoms with Crippen molar-refractivity contribution in [1.82, 2.24) is 29.9 Å². The van der Waals surface area contributed by atoms with E-state index in [1.807, 2.05) is 30.3 Å². The van der Waals surface area contributed by atoms with Crippen LogP contribution in [0, 0.1) is 0 Å². The second kappa shape index (κ2) is 9.87. The molecule has 0 unspecified atom stereocenters. The Bertz CT molecular complexity index is 2160. The van der Waals surface area contributed by atoms with Gasteiger partial charge in [0.15, 0.2) is 11.6 Å². The molecule has 198 valence electrons. The molecule has 0 bridgehead atoms. The fraction of sp³-hybridized carbons (Fsp3) is 0. The number of benzene rings is 4. The summed E-state index contributed by atoms with van der Waals surface area (Å²) < 4.78 is 10.9. The minimum absolute atomic E-state index is 0.475. The highest BCUT2D eigenvalue weighted by Crippen LogP contribution is 2.43.